The zero-order valence-electron chi connectivity index (χ0n) is 10.2. The molecule has 4 heteroatoms. The summed E-state index contributed by atoms with van der Waals surface area (Å²) in [6.45, 7) is 4.69. The largest absolute Gasteiger partial charge is 0.348 e. The molecule has 0 atom stereocenters. The van der Waals surface area contributed by atoms with Crippen molar-refractivity contribution in [1.29, 1.82) is 0 Å². The molecule has 1 rings (SSSR count). The van der Waals surface area contributed by atoms with E-state index in [9.17, 15) is 9.59 Å². The van der Waals surface area contributed by atoms with Gasteiger partial charge in [0.15, 0.2) is 0 Å². The Hall–Kier alpha value is -1.84. The molecular weight excluding hydrogens is 216 g/mol. The summed E-state index contributed by atoms with van der Waals surface area (Å²) in [5.41, 5.74) is 2.24. The second-order valence-corrected chi connectivity index (χ2v) is 3.71. The Morgan fingerprint density at radius 1 is 0.941 bits per heavy atom. The Morgan fingerprint density at radius 2 is 1.47 bits per heavy atom. The molecule has 0 saturated heterocycles. The zero-order valence-corrected chi connectivity index (χ0v) is 10.2. The van der Waals surface area contributed by atoms with Crippen LogP contribution in [0.2, 0.25) is 0 Å². The van der Waals surface area contributed by atoms with Crippen LogP contribution in [0.5, 0.6) is 0 Å². The van der Waals surface area contributed by atoms with Gasteiger partial charge in [0.25, 0.3) is 0 Å². The molecule has 0 aliphatic carbocycles. The van der Waals surface area contributed by atoms with Crippen LogP contribution in [0.3, 0.4) is 0 Å². The van der Waals surface area contributed by atoms with E-state index in [4.69, 9.17) is 0 Å². The van der Waals surface area contributed by atoms with Crippen molar-refractivity contribution in [3.63, 3.8) is 0 Å². The standard InChI is InChI=1S/C13H18N2O2/c1-3-10-5-7-11(8-6-10)9-15-13(17)12(16)14-4-2/h5-8H,3-4,9H2,1-2H3,(H,14,16)(H,15,17). The van der Waals surface area contributed by atoms with Gasteiger partial charge in [-0.05, 0) is 24.5 Å². The predicted octanol–water partition coefficient (Wildman–Crippen LogP) is 1.00. The lowest BCUT2D eigenvalue weighted by Gasteiger charge is -2.05. The number of amides is 2. The van der Waals surface area contributed by atoms with Crippen molar-refractivity contribution in [3.05, 3.63) is 35.4 Å². The van der Waals surface area contributed by atoms with Crippen molar-refractivity contribution < 1.29 is 9.59 Å². The first kappa shape index (κ1) is 13.2. The second kappa shape index (κ2) is 6.68. The third-order valence-electron chi connectivity index (χ3n) is 2.43. The SMILES string of the molecule is CCNC(=O)C(=O)NCc1ccc(CC)cc1. The van der Waals surface area contributed by atoms with Crippen LogP contribution in [-0.4, -0.2) is 18.4 Å². The van der Waals surface area contributed by atoms with E-state index >= 15 is 0 Å². The molecule has 17 heavy (non-hydrogen) atoms. The van der Waals surface area contributed by atoms with E-state index in [1.165, 1.54) is 5.56 Å². The average Bonchev–Trinajstić information content (AvgIpc) is 2.36. The van der Waals surface area contributed by atoms with E-state index in [1.54, 1.807) is 6.92 Å². The molecule has 2 N–H and O–H groups in total. The molecule has 0 heterocycles. The van der Waals surface area contributed by atoms with Crippen LogP contribution in [0.4, 0.5) is 0 Å². The molecule has 0 aromatic heterocycles. The lowest BCUT2D eigenvalue weighted by molar-refractivity contribution is -0.139. The van der Waals surface area contributed by atoms with Crippen molar-refractivity contribution >= 4 is 11.8 Å². The van der Waals surface area contributed by atoms with E-state index in [1.807, 2.05) is 24.3 Å². The normalized spacial score (nSPS) is 9.76. The summed E-state index contributed by atoms with van der Waals surface area (Å²) in [7, 11) is 0. The van der Waals surface area contributed by atoms with Crippen molar-refractivity contribution in [2.75, 3.05) is 6.54 Å². The molecule has 0 aliphatic heterocycles. The van der Waals surface area contributed by atoms with E-state index in [-0.39, 0.29) is 0 Å². The predicted molar refractivity (Wildman–Crippen MR) is 66.4 cm³/mol. The fourth-order valence-corrected chi connectivity index (χ4v) is 1.40. The Morgan fingerprint density at radius 3 is 2.00 bits per heavy atom. The third kappa shape index (κ3) is 4.26. The highest BCUT2D eigenvalue weighted by Gasteiger charge is 2.10. The molecule has 92 valence electrons. The van der Waals surface area contributed by atoms with Gasteiger partial charge < -0.3 is 10.6 Å². The number of hydrogen-bond donors (Lipinski definition) is 2. The number of aryl methyl sites for hydroxylation is 1. The Bertz CT molecular complexity index is 385. The Labute approximate surface area is 101 Å². The maximum atomic E-state index is 11.3. The summed E-state index contributed by atoms with van der Waals surface area (Å²) >= 11 is 0. The summed E-state index contributed by atoms with van der Waals surface area (Å²) in [6, 6.07) is 7.95. The molecule has 0 unspecified atom stereocenters. The van der Waals surface area contributed by atoms with Crippen LogP contribution in [0.15, 0.2) is 24.3 Å². The number of hydrogen-bond acceptors (Lipinski definition) is 2. The lowest BCUT2D eigenvalue weighted by Crippen LogP contribution is -2.39. The highest BCUT2D eigenvalue weighted by atomic mass is 16.2. The smallest absolute Gasteiger partial charge is 0.309 e. The molecule has 0 saturated carbocycles. The highest BCUT2D eigenvalue weighted by molar-refractivity contribution is 6.35. The first-order chi connectivity index (χ1) is 8.17. The number of carbonyl (C=O) groups excluding carboxylic acids is 2. The van der Waals surface area contributed by atoms with E-state index in [0.29, 0.717) is 13.1 Å². The molecule has 2 amide bonds. The quantitative estimate of drug-likeness (QED) is 0.764. The van der Waals surface area contributed by atoms with E-state index < -0.39 is 11.8 Å². The minimum absolute atomic E-state index is 0.375. The average molecular weight is 234 g/mol. The van der Waals surface area contributed by atoms with Crippen LogP contribution < -0.4 is 10.6 Å². The number of rotatable bonds is 4. The molecule has 0 spiro atoms. The van der Waals surface area contributed by atoms with Gasteiger partial charge in [0, 0.05) is 13.1 Å². The molecule has 1 aromatic carbocycles. The molecule has 0 aliphatic rings. The van der Waals surface area contributed by atoms with Gasteiger partial charge in [-0.1, -0.05) is 31.2 Å². The van der Waals surface area contributed by atoms with E-state index in [0.717, 1.165) is 12.0 Å². The molecule has 0 radical (unpaired) electrons. The van der Waals surface area contributed by atoms with Crippen molar-refractivity contribution in [2.45, 2.75) is 26.8 Å². The first-order valence-corrected chi connectivity index (χ1v) is 5.81. The molecule has 0 fully saturated rings. The molecule has 4 nitrogen and oxygen atoms in total. The van der Waals surface area contributed by atoms with Gasteiger partial charge in [0.1, 0.15) is 0 Å². The zero-order chi connectivity index (χ0) is 12.7. The molecular formula is C13H18N2O2. The van der Waals surface area contributed by atoms with Crippen molar-refractivity contribution in [3.8, 4) is 0 Å². The van der Waals surface area contributed by atoms with Gasteiger partial charge in [-0.2, -0.15) is 0 Å². The lowest BCUT2D eigenvalue weighted by atomic mass is 10.1. The first-order valence-electron chi connectivity index (χ1n) is 5.81. The van der Waals surface area contributed by atoms with Crippen LogP contribution >= 0.6 is 0 Å². The number of carbonyl (C=O) groups is 2. The van der Waals surface area contributed by atoms with Crippen molar-refractivity contribution in [2.24, 2.45) is 0 Å². The fourth-order valence-electron chi connectivity index (χ4n) is 1.40. The van der Waals surface area contributed by atoms with Gasteiger partial charge >= 0.3 is 11.8 Å². The Kier molecular flexibility index (Phi) is 5.20. The van der Waals surface area contributed by atoms with E-state index in [2.05, 4.69) is 17.6 Å². The minimum atomic E-state index is -0.591. The summed E-state index contributed by atoms with van der Waals surface area (Å²) in [4.78, 5) is 22.4. The highest BCUT2D eigenvalue weighted by Crippen LogP contribution is 2.04. The summed E-state index contributed by atoms with van der Waals surface area (Å²) in [5, 5.41) is 5.02. The number of benzene rings is 1. The van der Waals surface area contributed by atoms with Gasteiger partial charge in [0.05, 0.1) is 0 Å². The maximum absolute atomic E-state index is 11.3. The number of likely N-dealkylation sites (N-methyl/N-ethyl adjacent to an activating group) is 1. The fraction of sp³-hybridized carbons (Fsp3) is 0.385. The van der Waals surface area contributed by atoms with Gasteiger partial charge in [-0.25, -0.2) is 0 Å². The Balaban J connectivity index is 2.44. The number of nitrogens with one attached hydrogen (secondary N) is 2. The molecule has 0 bridgehead atoms. The molecule has 1 aromatic rings. The monoisotopic (exact) mass is 234 g/mol. The minimum Gasteiger partial charge on any atom is -0.348 e. The third-order valence-corrected chi connectivity index (χ3v) is 2.43. The van der Waals surface area contributed by atoms with Gasteiger partial charge in [-0.3, -0.25) is 9.59 Å². The van der Waals surface area contributed by atoms with Gasteiger partial charge in [0.2, 0.25) is 0 Å². The second-order valence-electron chi connectivity index (χ2n) is 3.71. The van der Waals surface area contributed by atoms with Crippen LogP contribution in [0.1, 0.15) is 25.0 Å². The topological polar surface area (TPSA) is 58.2 Å². The van der Waals surface area contributed by atoms with Crippen LogP contribution in [-0.2, 0) is 22.6 Å². The van der Waals surface area contributed by atoms with Crippen LogP contribution in [0, 0.1) is 0 Å². The van der Waals surface area contributed by atoms with Gasteiger partial charge in [-0.15, -0.1) is 0 Å². The summed E-state index contributed by atoms with van der Waals surface area (Å²) < 4.78 is 0. The van der Waals surface area contributed by atoms with Crippen LogP contribution in [0.25, 0.3) is 0 Å². The summed E-state index contributed by atoms with van der Waals surface area (Å²) in [5.74, 6) is -1.18. The summed E-state index contributed by atoms with van der Waals surface area (Å²) in [6.07, 6.45) is 0.992. The maximum Gasteiger partial charge on any atom is 0.309 e. The van der Waals surface area contributed by atoms with Crippen molar-refractivity contribution in [1.82, 2.24) is 10.6 Å².